The molecule has 1 nitrogen and oxygen atoms in total. The van der Waals surface area contributed by atoms with Crippen molar-refractivity contribution in [3.05, 3.63) is 71.3 Å². The van der Waals surface area contributed by atoms with Gasteiger partial charge < -0.3 is 0 Å². The second kappa shape index (κ2) is 6.89. The Bertz CT molecular complexity index is 689. The van der Waals surface area contributed by atoms with Crippen molar-refractivity contribution in [2.45, 2.75) is 32.1 Å². The highest BCUT2D eigenvalue weighted by atomic mass is 19.4. The lowest BCUT2D eigenvalue weighted by atomic mass is 10.0. The van der Waals surface area contributed by atoms with Crippen molar-refractivity contribution in [2.75, 3.05) is 0 Å². The molecule has 0 radical (unpaired) electrons. The van der Waals surface area contributed by atoms with Crippen LogP contribution in [0.4, 0.5) is 13.2 Å². The highest BCUT2D eigenvalue weighted by molar-refractivity contribution is 5.38. The summed E-state index contributed by atoms with van der Waals surface area (Å²) in [4.78, 5) is 0. The van der Waals surface area contributed by atoms with Gasteiger partial charge in [-0.3, -0.25) is 5.32 Å². The number of hydrogen-bond donors (Lipinski definition) is 1. The average Bonchev–Trinajstić information content (AvgIpc) is 2.52. The third-order valence-electron chi connectivity index (χ3n) is 3.31. The monoisotopic (exact) mass is 317 g/mol. The first-order valence-corrected chi connectivity index (χ1v) is 7.26. The summed E-state index contributed by atoms with van der Waals surface area (Å²) in [5.74, 6) is 5.98. The van der Waals surface area contributed by atoms with Crippen molar-refractivity contribution in [3.8, 4) is 11.8 Å². The molecule has 0 aromatic heterocycles. The Kier molecular flexibility index (Phi) is 5.12. The van der Waals surface area contributed by atoms with Gasteiger partial charge in [0.25, 0.3) is 0 Å². The molecule has 0 saturated heterocycles. The summed E-state index contributed by atoms with van der Waals surface area (Å²) in [7, 11) is 0. The lowest BCUT2D eigenvalue weighted by molar-refractivity contribution is -0.137. The van der Waals surface area contributed by atoms with Crippen LogP contribution in [0, 0.1) is 11.8 Å². The van der Waals surface area contributed by atoms with E-state index in [2.05, 4.69) is 17.2 Å². The molecule has 0 aliphatic carbocycles. The zero-order valence-electron chi connectivity index (χ0n) is 13.0. The van der Waals surface area contributed by atoms with Crippen LogP contribution in [0.2, 0.25) is 0 Å². The largest absolute Gasteiger partial charge is 0.416 e. The van der Waals surface area contributed by atoms with Gasteiger partial charge in [0.05, 0.1) is 11.1 Å². The van der Waals surface area contributed by atoms with E-state index in [0.717, 1.165) is 17.7 Å². The van der Waals surface area contributed by atoms with Crippen molar-refractivity contribution in [1.29, 1.82) is 0 Å². The molecule has 2 aromatic rings. The third-order valence-corrected chi connectivity index (χ3v) is 3.31. The van der Waals surface area contributed by atoms with E-state index in [-0.39, 0.29) is 0 Å². The molecule has 0 aliphatic heterocycles. The van der Waals surface area contributed by atoms with Crippen molar-refractivity contribution < 1.29 is 13.2 Å². The molecular formula is C19H18F3N. The normalized spacial score (nSPS) is 11.7. The molecule has 2 aromatic carbocycles. The maximum atomic E-state index is 12.5. The smallest absolute Gasteiger partial charge is 0.297 e. The average molecular weight is 317 g/mol. The second-order valence-electron chi connectivity index (χ2n) is 5.79. The van der Waals surface area contributed by atoms with Gasteiger partial charge in [-0.15, -0.1) is 0 Å². The summed E-state index contributed by atoms with van der Waals surface area (Å²) in [6.45, 7) is 4.55. The van der Waals surface area contributed by atoms with Crippen molar-refractivity contribution in [1.82, 2.24) is 5.32 Å². The van der Waals surface area contributed by atoms with Crippen LogP contribution in [0.3, 0.4) is 0 Å². The minimum absolute atomic E-state index is 0.446. The van der Waals surface area contributed by atoms with E-state index in [4.69, 9.17) is 0 Å². The molecule has 0 bridgehead atoms. The van der Waals surface area contributed by atoms with E-state index in [0.29, 0.717) is 12.1 Å². The Morgan fingerprint density at radius 1 is 0.913 bits per heavy atom. The summed E-state index contributed by atoms with van der Waals surface area (Å²) in [5, 5.41) is 3.33. The number of rotatable bonds is 3. The Morgan fingerprint density at radius 3 is 2.09 bits per heavy atom. The van der Waals surface area contributed by atoms with E-state index >= 15 is 0 Å². The SMILES string of the molecule is CC(C)(C#Cc1ccc(C(F)(F)F)cc1)NCc1ccccc1. The van der Waals surface area contributed by atoms with Crippen LogP contribution in [0.1, 0.15) is 30.5 Å². The molecule has 0 fully saturated rings. The Morgan fingerprint density at radius 2 is 1.52 bits per heavy atom. The molecule has 4 heteroatoms. The summed E-state index contributed by atoms with van der Waals surface area (Å²) >= 11 is 0. The number of benzene rings is 2. The quantitative estimate of drug-likeness (QED) is 0.814. The topological polar surface area (TPSA) is 12.0 Å². The highest BCUT2D eigenvalue weighted by Crippen LogP contribution is 2.28. The third kappa shape index (κ3) is 5.46. The summed E-state index contributed by atoms with van der Waals surface area (Å²) in [6.07, 6.45) is -4.32. The van der Waals surface area contributed by atoms with E-state index in [9.17, 15) is 13.2 Å². The van der Waals surface area contributed by atoms with Gasteiger partial charge in [-0.05, 0) is 43.7 Å². The first kappa shape index (κ1) is 17.1. The fourth-order valence-electron chi connectivity index (χ4n) is 1.93. The predicted octanol–water partition coefficient (Wildman–Crippen LogP) is 4.63. The van der Waals surface area contributed by atoms with Crippen molar-refractivity contribution in [3.63, 3.8) is 0 Å². The van der Waals surface area contributed by atoms with Gasteiger partial charge in [0.1, 0.15) is 0 Å². The number of alkyl halides is 3. The van der Waals surface area contributed by atoms with E-state index < -0.39 is 17.3 Å². The number of hydrogen-bond acceptors (Lipinski definition) is 1. The minimum Gasteiger partial charge on any atom is -0.297 e. The minimum atomic E-state index is -4.32. The second-order valence-corrected chi connectivity index (χ2v) is 5.79. The number of halogens is 3. The first-order chi connectivity index (χ1) is 10.8. The maximum absolute atomic E-state index is 12.5. The zero-order valence-corrected chi connectivity index (χ0v) is 13.0. The van der Waals surface area contributed by atoms with Crippen LogP contribution in [0.5, 0.6) is 0 Å². The van der Waals surface area contributed by atoms with E-state index in [1.54, 1.807) is 0 Å². The zero-order chi connectivity index (χ0) is 16.9. The van der Waals surface area contributed by atoms with Gasteiger partial charge in [0, 0.05) is 12.1 Å². The standard InChI is InChI=1S/C19H18F3N/c1-18(2,23-14-16-6-4-3-5-7-16)13-12-15-8-10-17(11-9-15)19(20,21)22/h3-11,23H,14H2,1-2H3. The van der Waals surface area contributed by atoms with Gasteiger partial charge >= 0.3 is 6.18 Å². The maximum Gasteiger partial charge on any atom is 0.416 e. The molecule has 0 aliphatic rings. The lowest BCUT2D eigenvalue weighted by Crippen LogP contribution is -2.37. The highest BCUT2D eigenvalue weighted by Gasteiger charge is 2.29. The van der Waals surface area contributed by atoms with Gasteiger partial charge in [-0.2, -0.15) is 13.2 Å². The fourth-order valence-corrected chi connectivity index (χ4v) is 1.93. The first-order valence-electron chi connectivity index (χ1n) is 7.26. The Labute approximate surface area is 134 Å². The Hall–Kier alpha value is -2.25. The molecule has 0 saturated carbocycles. The van der Waals surface area contributed by atoms with E-state index in [1.807, 2.05) is 44.2 Å². The molecule has 120 valence electrons. The molecule has 0 atom stereocenters. The molecule has 0 heterocycles. The Balaban J connectivity index is 2.01. The summed E-state index contributed by atoms with van der Waals surface area (Å²) < 4.78 is 37.5. The summed E-state index contributed by atoms with van der Waals surface area (Å²) in [5.41, 5.74) is 0.604. The molecule has 1 N–H and O–H groups in total. The van der Waals surface area contributed by atoms with Crippen LogP contribution < -0.4 is 5.32 Å². The molecule has 0 spiro atoms. The van der Waals surface area contributed by atoms with Crippen LogP contribution in [0.15, 0.2) is 54.6 Å². The van der Waals surface area contributed by atoms with Gasteiger partial charge in [0.15, 0.2) is 0 Å². The summed E-state index contributed by atoms with van der Waals surface area (Å²) in [6, 6.07) is 14.8. The van der Waals surface area contributed by atoms with Crippen LogP contribution in [-0.2, 0) is 12.7 Å². The molecule has 0 unspecified atom stereocenters. The molecule has 2 rings (SSSR count). The molecule has 0 amide bonds. The lowest BCUT2D eigenvalue weighted by Gasteiger charge is -2.19. The van der Waals surface area contributed by atoms with E-state index in [1.165, 1.54) is 12.1 Å². The van der Waals surface area contributed by atoms with Gasteiger partial charge in [-0.25, -0.2) is 0 Å². The van der Waals surface area contributed by atoms with Gasteiger partial charge in [-0.1, -0.05) is 42.2 Å². The van der Waals surface area contributed by atoms with Crippen molar-refractivity contribution in [2.24, 2.45) is 0 Å². The molecular weight excluding hydrogens is 299 g/mol. The van der Waals surface area contributed by atoms with Crippen LogP contribution in [-0.4, -0.2) is 5.54 Å². The van der Waals surface area contributed by atoms with Crippen LogP contribution >= 0.6 is 0 Å². The van der Waals surface area contributed by atoms with Crippen LogP contribution in [0.25, 0.3) is 0 Å². The van der Waals surface area contributed by atoms with Gasteiger partial charge in [0.2, 0.25) is 0 Å². The fraction of sp³-hybridized carbons (Fsp3) is 0.263. The van der Waals surface area contributed by atoms with Crippen molar-refractivity contribution >= 4 is 0 Å². The molecule has 23 heavy (non-hydrogen) atoms. The number of nitrogens with one attached hydrogen (secondary N) is 1. The predicted molar refractivity (Wildman–Crippen MR) is 85.7 cm³/mol.